The Morgan fingerprint density at radius 3 is 2.04 bits per heavy atom. The molecule has 0 aromatic carbocycles. The van der Waals surface area contributed by atoms with E-state index >= 15 is 0 Å². The Bertz CT molecular complexity index is 419. The number of hydrogen-bond donors (Lipinski definition) is 1. The van der Waals surface area contributed by atoms with E-state index in [0.717, 1.165) is 45.4 Å². The van der Waals surface area contributed by atoms with Crippen molar-refractivity contribution in [1.29, 1.82) is 0 Å². The third kappa shape index (κ3) is 11.0. The molecule has 0 spiro atoms. The highest BCUT2D eigenvalue weighted by molar-refractivity contribution is 5.77. The quantitative estimate of drug-likeness (QED) is 0.767. The fourth-order valence-corrected chi connectivity index (χ4v) is 2.48. The van der Waals surface area contributed by atoms with Crippen LogP contribution in [0.15, 0.2) is 0 Å². The maximum absolute atomic E-state index is 10.7. The number of aliphatic hydroxyl groups is 1. The molecule has 8 heteroatoms. The molecule has 2 aliphatic heterocycles. The van der Waals surface area contributed by atoms with E-state index in [9.17, 15) is 14.4 Å². The first-order chi connectivity index (χ1) is 12.3. The molecule has 0 radical (unpaired) electrons. The molecule has 0 aromatic heterocycles. The molecule has 2 aliphatic rings. The molecule has 0 atom stereocenters. The third-order valence-corrected chi connectivity index (χ3v) is 4.08. The van der Waals surface area contributed by atoms with Crippen molar-refractivity contribution in [3.05, 3.63) is 0 Å². The van der Waals surface area contributed by atoms with Gasteiger partial charge in [-0.25, -0.2) is 0 Å². The second-order valence-electron chi connectivity index (χ2n) is 6.27. The number of hydrogen-bond acceptors (Lipinski definition) is 5. The average Bonchev–Trinajstić information content (AvgIpc) is 2.99. The fraction of sp³-hybridized carbons (Fsp3) is 0.833. The van der Waals surface area contributed by atoms with E-state index in [1.54, 1.807) is 21.6 Å². The number of amides is 3. The molecule has 8 nitrogen and oxygen atoms in total. The lowest BCUT2D eigenvalue weighted by Crippen LogP contribution is -2.39. The second-order valence-corrected chi connectivity index (χ2v) is 6.27. The summed E-state index contributed by atoms with van der Waals surface area (Å²) >= 11 is 0. The molecule has 0 aliphatic carbocycles. The topological polar surface area (TPSA) is 90.4 Å². The summed E-state index contributed by atoms with van der Waals surface area (Å²) in [4.78, 5) is 37.1. The first kappa shape index (κ1) is 24.3. The summed E-state index contributed by atoms with van der Waals surface area (Å²) in [5, 5.41) is 8.52. The molecular weight excluding hydrogens is 338 g/mol. The molecule has 2 heterocycles. The summed E-state index contributed by atoms with van der Waals surface area (Å²) in [7, 11) is 1.84. The van der Waals surface area contributed by atoms with Crippen molar-refractivity contribution >= 4 is 17.7 Å². The zero-order valence-corrected chi connectivity index (χ0v) is 16.7. The number of carbonyl (C=O) groups is 3. The van der Waals surface area contributed by atoms with E-state index in [2.05, 4.69) is 0 Å². The normalized spacial score (nSPS) is 16.3. The predicted molar refractivity (Wildman–Crippen MR) is 99.6 cm³/mol. The van der Waals surface area contributed by atoms with Crippen LogP contribution in [-0.4, -0.2) is 97.1 Å². The van der Waals surface area contributed by atoms with Gasteiger partial charge in [0.05, 0.1) is 19.8 Å². The standard InChI is InChI=1S/C7H15NO2.C6H11NO2.C5H9NO/c1-3-4-8(5-6-9)7(2)10;1-6(8)7-2-4-9-5-3-7;1-6-4-2-3-5(6)7/h9H,3-6H2,1-2H3;2-5H2,1H3;2-4H2,1H3. The summed E-state index contributed by atoms with van der Waals surface area (Å²) in [6, 6.07) is 0. The lowest BCUT2D eigenvalue weighted by atomic mass is 10.4. The third-order valence-electron chi connectivity index (χ3n) is 4.08. The molecule has 0 aromatic rings. The van der Waals surface area contributed by atoms with Crippen LogP contribution in [-0.2, 0) is 19.1 Å². The second kappa shape index (κ2) is 14.5. The van der Waals surface area contributed by atoms with Crippen LogP contribution in [0.4, 0.5) is 0 Å². The molecule has 0 saturated carbocycles. The number of likely N-dealkylation sites (tertiary alicyclic amines) is 1. The van der Waals surface area contributed by atoms with Gasteiger partial charge in [-0.15, -0.1) is 0 Å². The van der Waals surface area contributed by atoms with Gasteiger partial charge in [0.1, 0.15) is 0 Å². The Kier molecular flexibility index (Phi) is 13.6. The van der Waals surface area contributed by atoms with Crippen molar-refractivity contribution in [2.75, 3.05) is 59.6 Å². The van der Waals surface area contributed by atoms with Gasteiger partial charge in [-0.05, 0) is 12.8 Å². The lowest BCUT2D eigenvalue weighted by molar-refractivity contribution is -0.133. The molecule has 26 heavy (non-hydrogen) atoms. The van der Waals surface area contributed by atoms with Gasteiger partial charge in [0.15, 0.2) is 0 Å². The van der Waals surface area contributed by atoms with E-state index in [-0.39, 0.29) is 18.4 Å². The summed E-state index contributed by atoms with van der Waals surface area (Å²) in [5.74, 6) is 0.481. The highest BCUT2D eigenvalue weighted by atomic mass is 16.5. The Hall–Kier alpha value is -1.67. The number of carbonyl (C=O) groups excluding carboxylic acids is 3. The number of morpholine rings is 1. The molecule has 1 N–H and O–H groups in total. The van der Waals surface area contributed by atoms with E-state index < -0.39 is 0 Å². The maximum Gasteiger partial charge on any atom is 0.222 e. The SMILES string of the molecule is CC(=O)N1CCOCC1.CCCN(CCO)C(C)=O.CN1CCCC1=O. The van der Waals surface area contributed by atoms with Gasteiger partial charge in [-0.3, -0.25) is 14.4 Å². The zero-order chi connectivity index (χ0) is 19.9. The zero-order valence-electron chi connectivity index (χ0n) is 16.7. The van der Waals surface area contributed by atoms with Gasteiger partial charge in [-0.2, -0.15) is 0 Å². The Labute approximate surface area is 157 Å². The van der Waals surface area contributed by atoms with Crippen LogP contribution in [0.5, 0.6) is 0 Å². The first-order valence-corrected chi connectivity index (χ1v) is 9.27. The van der Waals surface area contributed by atoms with Crippen molar-refractivity contribution < 1.29 is 24.2 Å². The summed E-state index contributed by atoms with van der Waals surface area (Å²) < 4.78 is 5.06. The van der Waals surface area contributed by atoms with E-state index in [1.807, 2.05) is 14.0 Å². The van der Waals surface area contributed by atoms with Crippen LogP contribution in [0.1, 0.15) is 40.0 Å². The lowest BCUT2D eigenvalue weighted by Gasteiger charge is -2.25. The van der Waals surface area contributed by atoms with Gasteiger partial charge in [0.2, 0.25) is 17.7 Å². The molecule has 2 saturated heterocycles. The first-order valence-electron chi connectivity index (χ1n) is 9.27. The molecule has 152 valence electrons. The van der Waals surface area contributed by atoms with Crippen LogP contribution >= 0.6 is 0 Å². The Morgan fingerprint density at radius 1 is 1.15 bits per heavy atom. The molecule has 0 unspecified atom stereocenters. The maximum atomic E-state index is 10.7. The highest BCUT2D eigenvalue weighted by Gasteiger charge is 2.14. The smallest absolute Gasteiger partial charge is 0.222 e. The number of ether oxygens (including phenoxy) is 1. The van der Waals surface area contributed by atoms with Crippen LogP contribution in [0.25, 0.3) is 0 Å². The van der Waals surface area contributed by atoms with Crippen LogP contribution < -0.4 is 0 Å². The van der Waals surface area contributed by atoms with Crippen molar-refractivity contribution in [1.82, 2.24) is 14.7 Å². The Morgan fingerprint density at radius 2 is 1.77 bits per heavy atom. The van der Waals surface area contributed by atoms with Crippen molar-refractivity contribution in [3.63, 3.8) is 0 Å². The highest BCUT2D eigenvalue weighted by Crippen LogP contribution is 2.04. The minimum absolute atomic E-state index is 0.0379. The van der Waals surface area contributed by atoms with Crippen molar-refractivity contribution in [2.24, 2.45) is 0 Å². The summed E-state index contributed by atoms with van der Waals surface area (Å²) in [5.41, 5.74) is 0. The number of nitrogens with zero attached hydrogens (tertiary/aromatic N) is 3. The van der Waals surface area contributed by atoms with E-state index in [1.165, 1.54) is 6.92 Å². The summed E-state index contributed by atoms with van der Waals surface area (Å²) in [6.45, 7) is 10.2. The van der Waals surface area contributed by atoms with E-state index in [4.69, 9.17) is 9.84 Å². The minimum atomic E-state index is 0.0379. The molecule has 0 bridgehead atoms. The monoisotopic (exact) mass is 373 g/mol. The molecular formula is C18H35N3O5. The van der Waals surface area contributed by atoms with E-state index in [0.29, 0.717) is 25.7 Å². The van der Waals surface area contributed by atoms with Crippen molar-refractivity contribution in [3.8, 4) is 0 Å². The average molecular weight is 373 g/mol. The van der Waals surface area contributed by atoms with Gasteiger partial charge in [0, 0.05) is 60.0 Å². The minimum Gasteiger partial charge on any atom is -0.395 e. The van der Waals surface area contributed by atoms with Gasteiger partial charge < -0.3 is 24.5 Å². The fourth-order valence-electron chi connectivity index (χ4n) is 2.48. The van der Waals surface area contributed by atoms with Gasteiger partial charge >= 0.3 is 0 Å². The molecule has 2 rings (SSSR count). The summed E-state index contributed by atoms with van der Waals surface area (Å²) in [6.07, 6.45) is 2.76. The predicted octanol–water partition coefficient (Wildman–Crippen LogP) is 0.341. The number of aliphatic hydroxyl groups excluding tert-OH is 1. The molecule has 3 amide bonds. The Balaban J connectivity index is 0.000000365. The van der Waals surface area contributed by atoms with Gasteiger partial charge in [-0.1, -0.05) is 6.92 Å². The molecule has 2 fully saturated rings. The largest absolute Gasteiger partial charge is 0.395 e. The van der Waals surface area contributed by atoms with Crippen molar-refractivity contribution in [2.45, 2.75) is 40.0 Å². The number of rotatable bonds is 4. The van der Waals surface area contributed by atoms with Crippen LogP contribution in [0, 0.1) is 0 Å². The van der Waals surface area contributed by atoms with Gasteiger partial charge in [0.25, 0.3) is 0 Å². The van der Waals surface area contributed by atoms with Crippen LogP contribution in [0.3, 0.4) is 0 Å². The van der Waals surface area contributed by atoms with Crippen LogP contribution in [0.2, 0.25) is 0 Å².